The molecule has 0 spiro atoms. The highest BCUT2D eigenvalue weighted by atomic mass is 16.5. The van der Waals surface area contributed by atoms with Crippen molar-refractivity contribution in [3.63, 3.8) is 0 Å². The second kappa shape index (κ2) is 11.4. The number of H-pyrrole nitrogens is 1. The van der Waals surface area contributed by atoms with Crippen LogP contribution in [0.15, 0.2) is 67.4 Å². The van der Waals surface area contributed by atoms with E-state index in [9.17, 15) is 4.79 Å². The van der Waals surface area contributed by atoms with Crippen LogP contribution in [0.25, 0.3) is 10.9 Å². The van der Waals surface area contributed by atoms with Gasteiger partial charge >= 0.3 is 0 Å². The van der Waals surface area contributed by atoms with Gasteiger partial charge in [-0.05, 0) is 67.0 Å². The molecule has 1 aliphatic heterocycles. The van der Waals surface area contributed by atoms with Gasteiger partial charge in [0, 0.05) is 68.1 Å². The Morgan fingerprint density at radius 1 is 1.13 bits per heavy atom. The van der Waals surface area contributed by atoms with Gasteiger partial charge in [-0.15, -0.1) is 0 Å². The van der Waals surface area contributed by atoms with Crippen molar-refractivity contribution in [1.29, 1.82) is 0 Å². The van der Waals surface area contributed by atoms with Crippen molar-refractivity contribution < 1.29 is 9.53 Å². The predicted molar refractivity (Wildman–Crippen MR) is 149 cm³/mol. The van der Waals surface area contributed by atoms with E-state index in [0.29, 0.717) is 19.1 Å². The van der Waals surface area contributed by atoms with Crippen molar-refractivity contribution >= 4 is 16.8 Å². The summed E-state index contributed by atoms with van der Waals surface area (Å²) in [4.78, 5) is 23.2. The first-order chi connectivity index (χ1) is 18.7. The number of benzene rings is 2. The lowest BCUT2D eigenvalue weighted by molar-refractivity contribution is -0.127. The molecule has 7 heteroatoms. The van der Waals surface area contributed by atoms with Crippen molar-refractivity contribution in [2.24, 2.45) is 11.8 Å². The molecule has 4 aromatic rings. The van der Waals surface area contributed by atoms with E-state index in [0.717, 1.165) is 56.7 Å². The average molecular weight is 512 g/mol. The Morgan fingerprint density at radius 3 is 2.97 bits per heavy atom. The van der Waals surface area contributed by atoms with Gasteiger partial charge in [-0.25, -0.2) is 4.98 Å². The number of imidazole rings is 1. The van der Waals surface area contributed by atoms with Crippen LogP contribution < -0.4 is 10.1 Å². The van der Waals surface area contributed by atoms with Crippen LogP contribution in [0.3, 0.4) is 0 Å². The van der Waals surface area contributed by atoms with Crippen LogP contribution in [-0.4, -0.2) is 51.6 Å². The summed E-state index contributed by atoms with van der Waals surface area (Å²) in [5.41, 5.74) is 5.33. The number of fused-ring (bicyclic) bond motifs is 2. The Labute approximate surface area is 224 Å². The van der Waals surface area contributed by atoms with E-state index in [4.69, 9.17) is 4.74 Å². The number of para-hydroxylation sites is 1. The third kappa shape index (κ3) is 5.78. The molecule has 0 unspecified atom stereocenters. The molecule has 2 N–H and O–H groups in total. The molecule has 0 bridgehead atoms. The second-order valence-electron chi connectivity index (χ2n) is 10.9. The smallest absolute Gasteiger partial charge is 0.224 e. The minimum Gasteiger partial charge on any atom is -0.493 e. The second-order valence-corrected chi connectivity index (χ2v) is 10.9. The van der Waals surface area contributed by atoms with Gasteiger partial charge in [0.2, 0.25) is 5.91 Å². The molecule has 2 atom stereocenters. The molecule has 1 aliphatic carbocycles. The first kappa shape index (κ1) is 24.7. The van der Waals surface area contributed by atoms with Crippen molar-refractivity contribution in [1.82, 2.24) is 24.8 Å². The Balaban J connectivity index is 1.10. The summed E-state index contributed by atoms with van der Waals surface area (Å²) >= 11 is 0. The van der Waals surface area contributed by atoms with Gasteiger partial charge in [0.05, 0.1) is 18.9 Å². The highest BCUT2D eigenvalue weighted by Gasteiger charge is 2.32. The molecule has 1 amide bonds. The van der Waals surface area contributed by atoms with E-state index in [-0.39, 0.29) is 11.8 Å². The van der Waals surface area contributed by atoms with Gasteiger partial charge in [-0.3, -0.25) is 9.69 Å². The van der Waals surface area contributed by atoms with Gasteiger partial charge < -0.3 is 19.6 Å². The van der Waals surface area contributed by atoms with Crippen molar-refractivity contribution in [3.05, 3.63) is 84.1 Å². The zero-order valence-corrected chi connectivity index (χ0v) is 21.9. The number of carbonyl (C=O) groups excluding carboxylic acids is 1. The predicted octanol–water partition coefficient (Wildman–Crippen LogP) is 4.58. The highest BCUT2D eigenvalue weighted by molar-refractivity contribution is 5.83. The Morgan fingerprint density at radius 2 is 2.05 bits per heavy atom. The number of amides is 1. The summed E-state index contributed by atoms with van der Waals surface area (Å²) in [6.45, 7) is 4.68. The SMILES string of the molecule is O=C(NCCCn1ccnc1)[C@@H]1C[C@H](COc2ccc3c(c2)CCC3)CN(Cc2c[nH]c3ccccc23)C1. The number of ether oxygens (including phenoxy) is 1. The van der Waals surface area contributed by atoms with E-state index in [1.165, 1.54) is 34.9 Å². The van der Waals surface area contributed by atoms with E-state index >= 15 is 0 Å². The lowest BCUT2D eigenvalue weighted by Crippen LogP contribution is -2.47. The number of nitrogens with one attached hydrogen (secondary N) is 2. The molecule has 0 saturated carbocycles. The summed E-state index contributed by atoms with van der Waals surface area (Å²) in [7, 11) is 0. The Kier molecular flexibility index (Phi) is 7.45. The van der Waals surface area contributed by atoms with Crippen molar-refractivity contribution in [2.75, 3.05) is 26.2 Å². The molecule has 1 saturated heterocycles. The quantitative estimate of drug-likeness (QED) is 0.306. The monoisotopic (exact) mass is 511 g/mol. The molecule has 198 valence electrons. The minimum atomic E-state index is -0.0455. The number of aromatic nitrogens is 3. The fraction of sp³-hybridized carbons (Fsp3) is 0.419. The number of hydrogen-bond acceptors (Lipinski definition) is 4. The molecule has 2 aromatic carbocycles. The molecular formula is C31H37N5O2. The van der Waals surface area contributed by atoms with Crippen LogP contribution in [-0.2, 0) is 30.7 Å². The normalized spacial score (nSPS) is 19.5. The molecule has 6 rings (SSSR count). The lowest BCUT2D eigenvalue weighted by atomic mass is 9.88. The van der Waals surface area contributed by atoms with Crippen LogP contribution in [0.2, 0.25) is 0 Å². The third-order valence-corrected chi connectivity index (χ3v) is 8.06. The van der Waals surface area contributed by atoms with E-state index < -0.39 is 0 Å². The molecule has 7 nitrogen and oxygen atoms in total. The third-order valence-electron chi connectivity index (χ3n) is 8.06. The Hall–Kier alpha value is -3.58. The van der Waals surface area contributed by atoms with E-state index in [1.807, 2.05) is 17.1 Å². The van der Waals surface area contributed by atoms with Crippen LogP contribution in [0.4, 0.5) is 0 Å². The summed E-state index contributed by atoms with van der Waals surface area (Å²) in [6.07, 6.45) is 13.0. The molecule has 2 aliphatic rings. The number of aromatic amines is 1. The number of rotatable bonds is 10. The number of aryl methyl sites for hydroxylation is 3. The minimum absolute atomic E-state index is 0.0455. The summed E-state index contributed by atoms with van der Waals surface area (Å²) in [5, 5.41) is 4.45. The van der Waals surface area contributed by atoms with E-state index in [1.54, 1.807) is 6.20 Å². The average Bonchev–Trinajstić information content (AvgIpc) is 3.71. The summed E-state index contributed by atoms with van der Waals surface area (Å²) in [6, 6.07) is 15.0. The maximum Gasteiger partial charge on any atom is 0.224 e. The first-order valence-corrected chi connectivity index (χ1v) is 14.0. The zero-order chi connectivity index (χ0) is 25.7. The van der Waals surface area contributed by atoms with Gasteiger partial charge in [0.1, 0.15) is 5.75 Å². The molecular weight excluding hydrogens is 474 g/mol. The Bertz CT molecular complexity index is 1360. The molecule has 3 heterocycles. The lowest BCUT2D eigenvalue weighted by Gasteiger charge is -2.37. The van der Waals surface area contributed by atoms with Gasteiger partial charge in [0.25, 0.3) is 0 Å². The number of piperidine rings is 1. The highest BCUT2D eigenvalue weighted by Crippen LogP contribution is 2.29. The van der Waals surface area contributed by atoms with Gasteiger partial charge in [-0.2, -0.15) is 0 Å². The van der Waals surface area contributed by atoms with Crippen LogP contribution >= 0.6 is 0 Å². The number of carbonyl (C=O) groups is 1. The standard InChI is InChI=1S/C31H37N5O2/c37-31(33-11-4-13-35-14-12-32-22-35)26-15-23(21-38-28-10-9-24-5-3-6-25(24)16-28)18-36(19-26)20-27-17-34-30-8-2-1-7-29(27)30/h1-2,7-10,12,14,16-17,22-23,26,34H,3-6,11,13,15,18-21H2,(H,33,37)/t23-,26+/m0/s1. The molecule has 1 fully saturated rings. The van der Waals surface area contributed by atoms with Crippen molar-refractivity contribution in [3.8, 4) is 5.75 Å². The number of nitrogens with zero attached hydrogens (tertiary/aromatic N) is 3. The van der Waals surface area contributed by atoms with Gasteiger partial charge in [-0.1, -0.05) is 24.3 Å². The van der Waals surface area contributed by atoms with Crippen LogP contribution in [0.1, 0.15) is 36.0 Å². The van der Waals surface area contributed by atoms with Crippen LogP contribution in [0, 0.1) is 11.8 Å². The van der Waals surface area contributed by atoms with Crippen LogP contribution in [0.5, 0.6) is 5.75 Å². The molecule has 0 radical (unpaired) electrons. The van der Waals surface area contributed by atoms with Gasteiger partial charge in [0.15, 0.2) is 0 Å². The zero-order valence-electron chi connectivity index (χ0n) is 21.9. The fourth-order valence-electron chi connectivity index (χ4n) is 6.13. The maximum atomic E-state index is 13.3. The molecule has 2 aromatic heterocycles. The van der Waals surface area contributed by atoms with E-state index in [2.05, 4.69) is 68.8 Å². The largest absolute Gasteiger partial charge is 0.493 e. The summed E-state index contributed by atoms with van der Waals surface area (Å²) in [5.74, 6) is 1.36. The number of hydrogen-bond donors (Lipinski definition) is 2. The topological polar surface area (TPSA) is 75.2 Å². The summed E-state index contributed by atoms with van der Waals surface area (Å²) < 4.78 is 8.36. The first-order valence-electron chi connectivity index (χ1n) is 14.0. The molecule has 38 heavy (non-hydrogen) atoms. The number of likely N-dealkylation sites (tertiary alicyclic amines) is 1. The maximum absolute atomic E-state index is 13.3. The fourth-order valence-corrected chi connectivity index (χ4v) is 6.13. The van der Waals surface area contributed by atoms with Crippen molar-refractivity contribution in [2.45, 2.75) is 45.2 Å².